The average Bonchev–Trinajstić information content (AvgIpc) is 2.49. The monoisotopic (exact) mass is 528 g/mol. The highest BCUT2D eigenvalue weighted by atomic mass is 127. The lowest BCUT2D eigenvalue weighted by molar-refractivity contribution is -0.119. The molecule has 1 aromatic rings. The Morgan fingerprint density at radius 3 is 2.92 bits per heavy atom. The number of benzene rings is 1. The lowest BCUT2D eigenvalue weighted by Crippen LogP contribution is -2.46. The van der Waals surface area contributed by atoms with Crippen molar-refractivity contribution in [3.05, 3.63) is 33.3 Å². The highest BCUT2D eigenvalue weighted by Gasteiger charge is 2.23. The number of piperidine rings is 1. The van der Waals surface area contributed by atoms with Crippen LogP contribution in [0.2, 0.25) is 5.02 Å². The van der Waals surface area contributed by atoms with Crippen molar-refractivity contribution >= 4 is 63.4 Å². The van der Waals surface area contributed by atoms with E-state index in [9.17, 15) is 4.79 Å². The van der Waals surface area contributed by atoms with Crippen molar-refractivity contribution in [2.24, 2.45) is 16.6 Å². The van der Waals surface area contributed by atoms with E-state index in [1.54, 1.807) is 7.05 Å². The summed E-state index contributed by atoms with van der Waals surface area (Å²) in [5.41, 5.74) is 6.33. The molecule has 1 amide bonds. The van der Waals surface area contributed by atoms with Gasteiger partial charge in [0.05, 0.1) is 0 Å². The molecule has 1 aliphatic heterocycles. The highest BCUT2D eigenvalue weighted by Crippen LogP contribution is 2.22. The second-order valence-corrected chi connectivity index (χ2v) is 7.08. The average molecular weight is 530 g/mol. The maximum absolute atomic E-state index is 11.1. The van der Waals surface area contributed by atoms with Crippen LogP contribution in [0.4, 0.5) is 0 Å². The van der Waals surface area contributed by atoms with E-state index in [-0.39, 0.29) is 29.9 Å². The molecule has 0 aromatic heterocycles. The summed E-state index contributed by atoms with van der Waals surface area (Å²) in [4.78, 5) is 17.7. The van der Waals surface area contributed by atoms with E-state index in [1.165, 1.54) is 0 Å². The number of hydrogen-bond acceptors (Lipinski definition) is 2. The summed E-state index contributed by atoms with van der Waals surface area (Å²) in [6.45, 7) is 2.34. The van der Waals surface area contributed by atoms with Crippen LogP contribution in [0.3, 0.4) is 0 Å². The molecule has 0 radical (unpaired) electrons. The number of nitrogens with two attached hydrogens (primary N) is 1. The largest absolute Gasteiger partial charge is 0.370 e. The molecule has 0 saturated carbocycles. The van der Waals surface area contributed by atoms with Gasteiger partial charge in [-0.15, -0.1) is 24.0 Å². The zero-order valence-electron chi connectivity index (χ0n) is 13.6. The smallest absolute Gasteiger partial charge is 0.217 e. The van der Waals surface area contributed by atoms with Gasteiger partial charge in [0.25, 0.3) is 0 Å². The van der Waals surface area contributed by atoms with E-state index in [0.717, 1.165) is 41.9 Å². The number of hydrogen-bond donors (Lipinski definition) is 2. The molecule has 3 N–H and O–H groups in total. The first-order valence-electron chi connectivity index (χ1n) is 7.67. The molecule has 2 rings (SSSR count). The van der Waals surface area contributed by atoms with Gasteiger partial charge < -0.3 is 16.0 Å². The predicted molar refractivity (Wildman–Crippen MR) is 113 cm³/mol. The molecule has 0 bridgehead atoms. The Kier molecular flexibility index (Phi) is 9.36. The third kappa shape index (κ3) is 6.40. The molecule has 134 valence electrons. The molecule has 1 fully saturated rings. The Balaban J connectivity index is 0.00000288. The number of aliphatic imine (C=N–C) groups is 1. The fourth-order valence-electron chi connectivity index (χ4n) is 2.88. The van der Waals surface area contributed by atoms with Crippen molar-refractivity contribution in [3.8, 4) is 0 Å². The van der Waals surface area contributed by atoms with Crippen molar-refractivity contribution < 1.29 is 4.79 Å². The number of carbonyl (C=O) groups excluding carboxylic acids is 1. The summed E-state index contributed by atoms with van der Waals surface area (Å²) in [7, 11) is 1.77. The van der Waals surface area contributed by atoms with Crippen LogP contribution in [0.15, 0.2) is 27.7 Å². The first kappa shape index (κ1) is 21.5. The number of amides is 1. The first-order chi connectivity index (χ1) is 11.0. The molecule has 0 aliphatic carbocycles. The lowest BCUT2D eigenvalue weighted by atomic mass is 9.95. The third-order valence-corrected chi connectivity index (χ3v) is 4.82. The Hall–Kier alpha value is -0.540. The van der Waals surface area contributed by atoms with Gasteiger partial charge >= 0.3 is 0 Å². The molecule has 1 saturated heterocycles. The van der Waals surface area contributed by atoms with Gasteiger partial charge in [-0.3, -0.25) is 9.79 Å². The van der Waals surface area contributed by atoms with Crippen molar-refractivity contribution in [3.63, 3.8) is 0 Å². The highest BCUT2D eigenvalue weighted by molar-refractivity contribution is 14.0. The second kappa shape index (κ2) is 10.5. The first-order valence-corrected chi connectivity index (χ1v) is 8.84. The van der Waals surface area contributed by atoms with Gasteiger partial charge in [-0.25, -0.2) is 0 Å². The van der Waals surface area contributed by atoms with Crippen LogP contribution >= 0.6 is 51.5 Å². The minimum Gasteiger partial charge on any atom is -0.370 e. The molecular formula is C16H23BrClIN4O. The van der Waals surface area contributed by atoms with Crippen molar-refractivity contribution in [1.82, 2.24) is 10.2 Å². The van der Waals surface area contributed by atoms with Gasteiger partial charge in [0.1, 0.15) is 0 Å². The summed E-state index contributed by atoms with van der Waals surface area (Å²) in [5.74, 6) is 0.899. The molecule has 1 aromatic carbocycles. The molecule has 0 spiro atoms. The van der Waals surface area contributed by atoms with E-state index in [2.05, 4.69) is 31.1 Å². The fraction of sp³-hybridized carbons (Fsp3) is 0.500. The Morgan fingerprint density at radius 1 is 1.54 bits per heavy atom. The minimum atomic E-state index is -0.235. The number of halogens is 3. The summed E-state index contributed by atoms with van der Waals surface area (Å²) in [6, 6.07) is 5.83. The standard InChI is InChI=1S/C16H22BrClN4O.HI/c1-20-16(21-9-12-4-5-13(17)8-14(12)18)22-6-2-3-11(10-22)7-15(19)23;/h4-5,8,11H,2-3,6-7,9-10H2,1H3,(H2,19,23)(H,20,21);1H. The predicted octanol–water partition coefficient (Wildman–Crippen LogP) is 3.38. The Bertz CT molecular complexity index is 599. The summed E-state index contributed by atoms with van der Waals surface area (Å²) in [6.07, 6.45) is 2.51. The van der Waals surface area contributed by atoms with Gasteiger partial charge in [0.2, 0.25) is 5.91 Å². The molecule has 1 atom stereocenters. The van der Waals surface area contributed by atoms with E-state index < -0.39 is 0 Å². The van der Waals surface area contributed by atoms with Gasteiger partial charge in [-0.05, 0) is 36.5 Å². The SMILES string of the molecule is CN=C(NCc1ccc(Br)cc1Cl)N1CCCC(CC(N)=O)C1.I. The number of rotatable bonds is 4. The van der Waals surface area contributed by atoms with Crippen LogP contribution in [0, 0.1) is 5.92 Å². The molecular weight excluding hydrogens is 506 g/mol. The van der Waals surface area contributed by atoms with Crippen LogP contribution in [-0.4, -0.2) is 36.9 Å². The zero-order valence-corrected chi connectivity index (χ0v) is 18.3. The van der Waals surface area contributed by atoms with E-state index in [0.29, 0.717) is 23.9 Å². The van der Waals surface area contributed by atoms with Crippen molar-refractivity contribution in [2.75, 3.05) is 20.1 Å². The molecule has 1 heterocycles. The van der Waals surface area contributed by atoms with Gasteiger partial charge in [-0.1, -0.05) is 33.6 Å². The quantitative estimate of drug-likeness (QED) is 0.357. The number of likely N-dealkylation sites (tertiary alicyclic amines) is 1. The van der Waals surface area contributed by atoms with Crippen LogP contribution in [0.25, 0.3) is 0 Å². The van der Waals surface area contributed by atoms with E-state index >= 15 is 0 Å². The number of primary amides is 1. The minimum absolute atomic E-state index is 0. The van der Waals surface area contributed by atoms with Gasteiger partial charge in [0.15, 0.2) is 5.96 Å². The molecule has 8 heteroatoms. The fourth-order valence-corrected chi connectivity index (χ4v) is 3.62. The van der Waals surface area contributed by atoms with Crippen molar-refractivity contribution in [1.29, 1.82) is 0 Å². The Morgan fingerprint density at radius 2 is 2.29 bits per heavy atom. The van der Waals surface area contributed by atoms with Crippen LogP contribution < -0.4 is 11.1 Å². The topological polar surface area (TPSA) is 70.7 Å². The van der Waals surface area contributed by atoms with E-state index in [4.69, 9.17) is 17.3 Å². The summed E-state index contributed by atoms with van der Waals surface area (Å²) in [5, 5.41) is 4.06. The molecule has 5 nitrogen and oxygen atoms in total. The number of guanidine groups is 1. The summed E-state index contributed by atoms with van der Waals surface area (Å²) < 4.78 is 0.959. The normalized spacial score (nSPS) is 18.0. The molecule has 1 unspecified atom stereocenters. The lowest BCUT2D eigenvalue weighted by Gasteiger charge is -2.34. The van der Waals surface area contributed by atoms with Crippen LogP contribution in [-0.2, 0) is 11.3 Å². The maximum Gasteiger partial charge on any atom is 0.217 e. The Labute approximate surface area is 173 Å². The van der Waals surface area contributed by atoms with Crippen LogP contribution in [0.1, 0.15) is 24.8 Å². The summed E-state index contributed by atoms with van der Waals surface area (Å²) >= 11 is 9.65. The molecule has 1 aliphatic rings. The second-order valence-electron chi connectivity index (χ2n) is 5.76. The maximum atomic E-state index is 11.1. The van der Waals surface area contributed by atoms with Gasteiger partial charge in [-0.2, -0.15) is 0 Å². The van der Waals surface area contributed by atoms with Crippen molar-refractivity contribution in [2.45, 2.75) is 25.8 Å². The van der Waals surface area contributed by atoms with E-state index in [1.807, 2.05) is 18.2 Å². The van der Waals surface area contributed by atoms with Gasteiger partial charge in [0, 0.05) is 42.6 Å². The third-order valence-electron chi connectivity index (χ3n) is 3.97. The number of carbonyl (C=O) groups is 1. The number of nitrogens with one attached hydrogen (secondary N) is 1. The zero-order chi connectivity index (χ0) is 16.8. The number of nitrogens with zero attached hydrogens (tertiary/aromatic N) is 2. The van der Waals surface area contributed by atoms with Crippen LogP contribution in [0.5, 0.6) is 0 Å². The molecule has 24 heavy (non-hydrogen) atoms.